The predicted molar refractivity (Wildman–Crippen MR) is 148 cm³/mol. The van der Waals surface area contributed by atoms with Crippen LogP contribution in [0.1, 0.15) is 87.1 Å². The van der Waals surface area contributed by atoms with E-state index in [2.05, 4.69) is 21.0 Å². The van der Waals surface area contributed by atoms with Gasteiger partial charge in [0, 0.05) is 24.5 Å². The molecule has 0 saturated heterocycles. The molecule has 0 bridgehead atoms. The predicted octanol–water partition coefficient (Wildman–Crippen LogP) is 4.49. The van der Waals surface area contributed by atoms with Crippen molar-refractivity contribution in [2.24, 2.45) is 17.8 Å². The number of aromatic nitrogens is 2. The minimum Gasteiger partial charge on any atom is -0.345 e. The van der Waals surface area contributed by atoms with Crippen LogP contribution in [-0.2, 0) is 16.1 Å². The molecule has 3 amide bonds. The molecule has 2 atom stereocenters. The second-order valence-electron chi connectivity index (χ2n) is 11.0. The molecular weight excluding hydrogens is 537 g/mol. The number of nitrogens with zero attached hydrogens (tertiary/aromatic N) is 2. The summed E-state index contributed by atoms with van der Waals surface area (Å²) in [7, 11) is 0. The maximum absolute atomic E-state index is 13.7. The summed E-state index contributed by atoms with van der Waals surface area (Å²) in [6.07, 6.45) is 1.21. The number of alkyl halides is 3. The first-order valence-corrected chi connectivity index (χ1v) is 14.4. The van der Waals surface area contributed by atoms with Crippen molar-refractivity contribution in [1.82, 2.24) is 25.7 Å². The van der Waals surface area contributed by atoms with Crippen LogP contribution in [0.25, 0.3) is 0 Å². The van der Waals surface area contributed by atoms with E-state index in [0.717, 1.165) is 25.7 Å². The molecule has 0 radical (unpaired) electrons. The van der Waals surface area contributed by atoms with Crippen molar-refractivity contribution in [1.29, 1.82) is 0 Å². The zero-order valence-corrected chi connectivity index (χ0v) is 23.8. The van der Waals surface area contributed by atoms with E-state index in [0.29, 0.717) is 34.3 Å². The van der Waals surface area contributed by atoms with Crippen LogP contribution in [0.3, 0.4) is 0 Å². The number of nitrogens with one attached hydrogen (secondary N) is 4. The summed E-state index contributed by atoms with van der Waals surface area (Å²) in [6.45, 7) is 6.73. The van der Waals surface area contributed by atoms with E-state index >= 15 is 0 Å². The van der Waals surface area contributed by atoms with Crippen molar-refractivity contribution >= 4 is 23.4 Å². The molecule has 1 aromatic carbocycles. The number of benzene rings is 1. The molecule has 9 nitrogen and oxygen atoms in total. The smallest absolute Gasteiger partial charge is 0.345 e. The molecule has 2 saturated carbocycles. The summed E-state index contributed by atoms with van der Waals surface area (Å²) < 4.78 is 39.2. The van der Waals surface area contributed by atoms with E-state index in [1.54, 1.807) is 35.1 Å². The largest absolute Gasteiger partial charge is 0.405 e. The Balaban J connectivity index is 0.00000189. The molecule has 1 aromatic heterocycles. The van der Waals surface area contributed by atoms with E-state index in [9.17, 15) is 27.6 Å². The number of rotatable bonds is 10. The van der Waals surface area contributed by atoms with Gasteiger partial charge in [-0.2, -0.15) is 18.3 Å². The average Bonchev–Trinajstić information content (AvgIpc) is 3.86. The molecule has 2 fully saturated rings. The maximum atomic E-state index is 13.7. The summed E-state index contributed by atoms with van der Waals surface area (Å²) in [5.74, 6) is -0.593. The fourth-order valence-corrected chi connectivity index (χ4v) is 5.53. The number of anilines is 1. The van der Waals surface area contributed by atoms with Crippen LogP contribution in [0.5, 0.6) is 0 Å². The summed E-state index contributed by atoms with van der Waals surface area (Å²) in [4.78, 5) is 39.2. The van der Waals surface area contributed by atoms with Gasteiger partial charge in [0.2, 0.25) is 11.8 Å². The summed E-state index contributed by atoms with van der Waals surface area (Å²) in [5, 5.41) is 15.0. The van der Waals surface area contributed by atoms with Gasteiger partial charge in [-0.15, -0.1) is 0 Å². The summed E-state index contributed by atoms with van der Waals surface area (Å²) >= 11 is 0. The van der Waals surface area contributed by atoms with Crippen molar-refractivity contribution in [3.8, 4) is 0 Å². The molecule has 224 valence electrons. The highest BCUT2D eigenvalue weighted by Gasteiger charge is 2.48. The fourth-order valence-electron chi connectivity index (χ4n) is 5.53. The first-order valence-electron chi connectivity index (χ1n) is 14.4. The van der Waals surface area contributed by atoms with Crippen LogP contribution in [0, 0.1) is 17.8 Å². The molecular formula is C29H39F3N6O3. The Labute approximate surface area is 238 Å². The number of carbonyl (C=O) groups is 3. The van der Waals surface area contributed by atoms with Crippen LogP contribution in [-0.4, -0.2) is 46.3 Å². The second-order valence-corrected chi connectivity index (χ2v) is 11.0. The third-order valence-electron chi connectivity index (χ3n) is 7.62. The quantitative estimate of drug-likeness (QED) is 0.333. The summed E-state index contributed by atoms with van der Waals surface area (Å²) in [6, 6.07) is 4.98. The van der Waals surface area contributed by atoms with E-state index in [1.165, 1.54) is 0 Å². The van der Waals surface area contributed by atoms with Crippen LogP contribution in [0.2, 0.25) is 0 Å². The Morgan fingerprint density at radius 1 is 1.07 bits per heavy atom. The van der Waals surface area contributed by atoms with Crippen molar-refractivity contribution in [2.45, 2.75) is 84.2 Å². The number of halogens is 3. The molecule has 2 heterocycles. The lowest BCUT2D eigenvalue weighted by Gasteiger charge is -2.28. The lowest BCUT2D eigenvalue weighted by molar-refractivity contribution is -0.139. The van der Waals surface area contributed by atoms with E-state index in [4.69, 9.17) is 0 Å². The Hall–Kier alpha value is -3.41. The van der Waals surface area contributed by atoms with Gasteiger partial charge in [0.15, 0.2) is 0 Å². The van der Waals surface area contributed by atoms with Crippen molar-refractivity contribution in [3.05, 3.63) is 47.3 Å². The minimum absolute atomic E-state index is 0.0184. The molecule has 5 rings (SSSR count). The SMILES string of the molecule is CC.CC(C)n1nccc1C(=O)NC(C(=O)Nc1ccc2c(c1)CNC2C(=O)NCC(F)(F)F)C(C1CC1)C1CC1. The number of amides is 3. The van der Waals surface area contributed by atoms with Gasteiger partial charge in [-0.05, 0) is 86.6 Å². The molecule has 1 aliphatic heterocycles. The highest BCUT2D eigenvalue weighted by Crippen LogP contribution is 2.51. The van der Waals surface area contributed by atoms with Gasteiger partial charge in [-0.1, -0.05) is 19.9 Å². The fraction of sp³-hybridized carbons (Fsp3) is 0.586. The lowest BCUT2D eigenvalue weighted by atomic mass is 9.88. The van der Waals surface area contributed by atoms with Gasteiger partial charge in [0.05, 0.1) is 0 Å². The Bertz CT molecular complexity index is 1240. The monoisotopic (exact) mass is 576 g/mol. The highest BCUT2D eigenvalue weighted by atomic mass is 19.4. The normalized spacial score (nSPS) is 18.8. The Morgan fingerprint density at radius 2 is 1.73 bits per heavy atom. The maximum Gasteiger partial charge on any atom is 0.405 e. The number of fused-ring (bicyclic) bond motifs is 1. The van der Waals surface area contributed by atoms with E-state index in [1.807, 2.05) is 33.0 Å². The lowest BCUT2D eigenvalue weighted by Crippen LogP contribution is -2.50. The molecule has 12 heteroatoms. The molecule has 0 spiro atoms. The zero-order chi connectivity index (χ0) is 29.9. The number of hydrogen-bond donors (Lipinski definition) is 4. The van der Waals surface area contributed by atoms with Gasteiger partial charge in [0.25, 0.3) is 5.91 Å². The standard InChI is InChI=1S/C27H33F3N6O3.C2H6/c1-14(2)36-20(9-10-33-36)24(37)35-23(21(15-3-4-15)16-5-6-16)26(39)34-18-7-8-19-17(11-18)12-31-22(19)25(38)32-13-27(28,29)30;1-2/h7-11,14-16,21-23,31H,3-6,12-13H2,1-2H3,(H,32,38)(H,34,39)(H,35,37);1-2H3. The first kappa shape index (κ1) is 30.5. The second kappa shape index (κ2) is 12.6. The molecule has 4 N–H and O–H groups in total. The molecule has 2 aromatic rings. The highest BCUT2D eigenvalue weighted by molar-refractivity contribution is 6.01. The molecule has 2 aliphatic carbocycles. The van der Waals surface area contributed by atoms with Gasteiger partial charge in [0.1, 0.15) is 24.3 Å². The zero-order valence-electron chi connectivity index (χ0n) is 23.8. The Kier molecular flexibility index (Phi) is 9.41. The van der Waals surface area contributed by atoms with Crippen LogP contribution in [0.15, 0.2) is 30.5 Å². The third kappa shape index (κ3) is 7.46. The minimum atomic E-state index is -4.50. The average molecular weight is 577 g/mol. The van der Waals surface area contributed by atoms with Crippen LogP contribution >= 0.6 is 0 Å². The van der Waals surface area contributed by atoms with E-state index < -0.39 is 30.7 Å². The van der Waals surface area contributed by atoms with Gasteiger partial charge in [-0.25, -0.2) is 0 Å². The van der Waals surface area contributed by atoms with Crippen molar-refractivity contribution < 1.29 is 27.6 Å². The van der Waals surface area contributed by atoms with Crippen molar-refractivity contribution in [2.75, 3.05) is 11.9 Å². The van der Waals surface area contributed by atoms with Crippen LogP contribution < -0.4 is 21.3 Å². The van der Waals surface area contributed by atoms with Gasteiger partial charge in [-0.3, -0.25) is 24.4 Å². The van der Waals surface area contributed by atoms with Gasteiger partial charge < -0.3 is 16.0 Å². The van der Waals surface area contributed by atoms with E-state index in [-0.39, 0.29) is 30.3 Å². The first-order chi connectivity index (χ1) is 19.5. The molecule has 2 unspecified atom stereocenters. The third-order valence-corrected chi connectivity index (χ3v) is 7.62. The Morgan fingerprint density at radius 3 is 2.32 bits per heavy atom. The molecule has 41 heavy (non-hydrogen) atoms. The summed E-state index contributed by atoms with van der Waals surface area (Å²) in [5.41, 5.74) is 2.16. The van der Waals surface area contributed by atoms with Gasteiger partial charge >= 0.3 is 6.18 Å². The van der Waals surface area contributed by atoms with Crippen LogP contribution in [0.4, 0.5) is 18.9 Å². The topological polar surface area (TPSA) is 117 Å². The molecule has 3 aliphatic rings. The number of hydrogen-bond acceptors (Lipinski definition) is 5. The van der Waals surface area contributed by atoms with Crippen molar-refractivity contribution in [3.63, 3.8) is 0 Å². The number of carbonyl (C=O) groups excluding carboxylic acids is 3.